The molecular weight excluding hydrogens is 198 g/mol. The number of nitrogens with zero attached hydrogens (tertiary/aromatic N) is 1. The lowest BCUT2D eigenvalue weighted by Gasteiger charge is -2.25. The Morgan fingerprint density at radius 2 is 2.31 bits per heavy atom. The Balaban J connectivity index is 2.44. The Morgan fingerprint density at radius 1 is 1.56 bits per heavy atom. The van der Waals surface area contributed by atoms with E-state index in [0.717, 1.165) is 19.3 Å². The maximum absolute atomic E-state index is 8.55. The molecule has 0 spiro atoms. The molecule has 0 aromatic rings. The number of hydrogen-bond donors (Lipinski definition) is 1. The third-order valence-corrected chi connectivity index (χ3v) is 3.27. The summed E-state index contributed by atoms with van der Waals surface area (Å²) in [5.74, 6) is 1.01. The highest BCUT2D eigenvalue weighted by molar-refractivity contribution is 5.61. The Bertz CT molecular complexity index is 298. The first-order valence-corrected chi connectivity index (χ1v) is 6.12. The van der Waals surface area contributed by atoms with Gasteiger partial charge in [0.25, 0.3) is 0 Å². The van der Waals surface area contributed by atoms with E-state index in [2.05, 4.69) is 38.1 Å². The van der Waals surface area contributed by atoms with Crippen molar-refractivity contribution in [2.75, 3.05) is 0 Å². The number of rotatable bonds is 4. The fourth-order valence-electron chi connectivity index (χ4n) is 2.23. The molecule has 1 N–H and O–H groups in total. The Labute approximate surface area is 98.7 Å². The summed E-state index contributed by atoms with van der Waals surface area (Å²) in [6.45, 7) is 6.53. The van der Waals surface area contributed by atoms with Gasteiger partial charge in [0.05, 0.1) is 0 Å². The van der Waals surface area contributed by atoms with E-state index in [-0.39, 0.29) is 0 Å². The first-order valence-electron chi connectivity index (χ1n) is 6.12. The first kappa shape index (κ1) is 13.0. The molecule has 2 unspecified atom stereocenters. The van der Waals surface area contributed by atoms with Crippen molar-refractivity contribution in [3.8, 4) is 0 Å². The van der Waals surface area contributed by atoms with Crippen LogP contribution in [-0.4, -0.2) is 11.4 Å². The predicted octanol–water partition coefficient (Wildman–Crippen LogP) is 4.17. The van der Waals surface area contributed by atoms with Gasteiger partial charge in [-0.2, -0.15) is 0 Å². The van der Waals surface area contributed by atoms with Gasteiger partial charge in [-0.15, -0.1) is 5.16 Å². The average Bonchev–Trinajstić information content (AvgIpc) is 2.21. The van der Waals surface area contributed by atoms with E-state index in [9.17, 15) is 0 Å². The lowest BCUT2D eigenvalue weighted by Crippen LogP contribution is -2.17. The third kappa shape index (κ3) is 4.21. The lowest BCUT2D eigenvalue weighted by molar-refractivity contribution is 0.312. The molecule has 2 atom stereocenters. The van der Waals surface area contributed by atoms with Crippen molar-refractivity contribution in [1.82, 2.24) is 0 Å². The molecule has 0 fully saturated rings. The molecule has 90 valence electrons. The van der Waals surface area contributed by atoms with Gasteiger partial charge >= 0.3 is 0 Å². The molecule has 1 aliphatic carbocycles. The van der Waals surface area contributed by atoms with Gasteiger partial charge in [-0.3, -0.25) is 0 Å². The van der Waals surface area contributed by atoms with Crippen LogP contribution in [0.3, 0.4) is 0 Å². The van der Waals surface area contributed by atoms with E-state index in [1.807, 2.05) is 0 Å². The predicted molar refractivity (Wildman–Crippen MR) is 68.9 cm³/mol. The van der Waals surface area contributed by atoms with E-state index in [1.54, 1.807) is 11.8 Å². The number of allylic oxidation sites excluding steroid dienone is 4. The van der Waals surface area contributed by atoms with Crippen LogP contribution in [0.25, 0.3) is 0 Å². The van der Waals surface area contributed by atoms with Crippen LogP contribution in [0.1, 0.15) is 46.5 Å². The lowest BCUT2D eigenvalue weighted by atomic mass is 9.80. The van der Waals surface area contributed by atoms with Crippen molar-refractivity contribution in [2.45, 2.75) is 46.5 Å². The molecule has 1 aliphatic rings. The van der Waals surface area contributed by atoms with Crippen molar-refractivity contribution >= 4 is 6.21 Å². The van der Waals surface area contributed by atoms with Crippen LogP contribution in [0.15, 0.2) is 28.5 Å². The molecule has 2 heteroatoms. The molecule has 0 bridgehead atoms. The normalized spacial score (nSPS) is 25.6. The molecule has 0 saturated heterocycles. The zero-order chi connectivity index (χ0) is 12.0. The molecule has 0 amide bonds. The van der Waals surface area contributed by atoms with Crippen LogP contribution < -0.4 is 0 Å². The van der Waals surface area contributed by atoms with Crippen LogP contribution in [0.2, 0.25) is 0 Å². The minimum Gasteiger partial charge on any atom is -0.411 e. The summed E-state index contributed by atoms with van der Waals surface area (Å²) >= 11 is 0. The smallest absolute Gasteiger partial charge is 0.0472 e. The van der Waals surface area contributed by atoms with E-state index >= 15 is 0 Å². The second-order valence-corrected chi connectivity index (χ2v) is 5.03. The standard InChI is InChI=1S/C14H23NO/c1-11(2)5-4-6-13-7-8-14(10-15-16)12(3)9-13/h5,7,10,12,14,16H,4,6,8-9H2,1-3H3. The molecule has 16 heavy (non-hydrogen) atoms. The third-order valence-electron chi connectivity index (χ3n) is 3.27. The fourth-order valence-corrected chi connectivity index (χ4v) is 2.23. The molecule has 2 nitrogen and oxygen atoms in total. The zero-order valence-corrected chi connectivity index (χ0v) is 10.6. The maximum atomic E-state index is 8.55. The minimum atomic E-state index is 0.414. The Kier molecular flexibility index (Phi) is 5.30. The second-order valence-electron chi connectivity index (χ2n) is 5.03. The summed E-state index contributed by atoms with van der Waals surface area (Å²) in [5, 5.41) is 11.7. The molecule has 0 aromatic carbocycles. The van der Waals surface area contributed by atoms with Crippen LogP contribution in [-0.2, 0) is 0 Å². The summed E-state index contributed by atoms with van der Waals surface area (Å²) in [5.41, 5.74) is 2.96. The van der Waals surface area contributed by atoms with Gasteiger partial charge in [-0.25, -0.2) is 0 Å². The van der Waals surface area contributed by atoms with Crippen molar-refractivity contribution in [3.63, 3.8) is 0 Å². The van der Waals surface area contributed by atoms with Gasteiger partial charge in [0.2, 0.25) is 0 Å². The van der Waals surface area contributed by atoms with Gasteiger partial charge in [0.1, 0.15) is 0 Å². The van der Waals surface area contributed by atoms with Crippen molar-refractivity contribution in [3.05, 3.63) is 23.3 Å². The quantitative estimate of drug-likeness (QED) is 0.329. The van der Waals surface area contributed by atoms with E-state index in [0.29, 0.717) is 11.8 Å². The number of hydrogen-bond acceptors (Lipinski definition) is 2. The summed E-state index contributed by atoms with van der Waals surface area (Å²) in [6, 6.07) is 0. The highest BCUT2D eigenvalue weighted by Gasteiger charge is 2.20. The van der Waals surface area contributed by atoms with Crippen molar-refractivity contribution < 1.29 is 5.21 Å². The topological polar surface area (TPSA) is 32.6 Å². The van der Waals surface area contributed by atoms with E-state index in [1.165, 1.54) is 12.0 Å². The van der Waals surface area contributed by atoms with Crippen LogP contribution >= 0.6 is 0 Å². The van der Waals surface area contributed by atoms with Crippen LogP contribution in [0.5, 0.6) is 0 Å². The highest BCUT2D eigenvalue weighted by Crippen LogP contribution is 2.30. The second kappa shape index (κ2) is 6.51. The summed E-state index contributed by atoms with van der Waals surface area (Å²) in [4.78, 5) is 0. The first-order chi connectivity index (χ1) is 7.63. The number of oxime groups is 1. The van der Waals surface area contributed by atoms with E-state index < -0.39 is 0 Å². The molecule has 0 aliphatic heterocycles. The van der Waals surface area contributed by atoms with Gasteiger partial charge in [-0.05, 0) is 45.4 Å². The summed E-state index contributed by atoms with van der Waals surface area (Å²) in [6.07, 6.45) is 10.8. The zero-order valence-electron chi connectivity index (χ0n) is 10.6. The monoisotopic (exact) mass is 221 g/mol. The Morgan fingerprint density at radius 3 is 2.88 bits per heavy atom. The molecular formula is C14H23NO. The molecule has 0 aromatic heterocycles. The SMILES string of the molecule is CC(C)=CCCC1=CCC(C=NO)C(C)C1. The summed E-state index contributed by atoms with van der Waals surface area (Å²) in [7, 11) is 0. The van der Waals surface area contributed by atoms with Gasteiger partial charge in [0.15, 0.2) is 0 Å². The van der Waals surface area contributed by atoms with Crippen molar-refractivity contribution in [1.29, 1.82) is 0 Å². The average molecular weight is 221 g/mol. The van der Waals surface area contributed by atoms with Crippen LogP contribution in [0, 0.1) is 11.8 Å². The molecule has 0 heterocycles. The minimum absolute atomic E-state index is 0.414. The summed E-state index contributed by atoms with van der Waals surface area (Å²) < 4.78 is 0. The van der Waals surface area contributed by atoms with Gasteiger partial charge < -0.3 is 5.21 Å². The molecule has 1 rings (SSSR count). The maximum Gasteiger partial charge on any atom is 0.0472 e. The Hall–Kier alpha value is -1.05. The fraction of sp³-hybridized carbons (Fsp3) is 0.643. The largest absolute Gasteiger partial charge is 0.411 e. The van der Waals surface area contributed by atoms with Gasteiger partial charge in [-0.1, -0.05) is 30.2 Å². The molecule has 0 radical (unpaired) electrons. The van der Waals surface area contributed by atoms with Crippen LogP contribution in [0.4, 0.5) is 0 Å². The molecule has 0 saturated carbocycles. The highest BCUT2D eigenvalue weighted by atomic mass is 16.4. The van der Waals surface area contributed by atoms with Crippen molar-refractivity contribution in [2.24, 2.45) is 17.0 Å². The van der Waals surface area contributed by atoms with Gasteiger partial charge in [0, 0.05) is 12.1 Å². The van der Waals surface area contributed by atoms with E-state index in [4.69, 9.17) is 5.21 Å².